The largest absolute Gasteiger partial charge is 0.373 e. The first-order chi connectivity index (χ1) is 13.9. The number of halogens is 1. The van der Waals surface area contributed by atoms with E-state index in [1.54, 1.807) is 0 Å². The van der Waals surface area contributed by atoms with Gasteiger partial charge in [0.05, 0.1) is 18.1 Å². The number of carbonyl (C=O) groups excluding carboxylic acids is 1. The van der Waals surface area contributed by atoms with Gasteiger partial charge in [0, 0.05) is 32.2 Å². The Balaban J connectivity index is 0.00000450. The number of rotatable bonds is 8. The summed E-state index contributed by atoms with van der Waals surface area (Å²) in [4.78, 5) is 16.9. The molecule has 1 heterocycles. The maximum Gasteiger partial charge on any atom is 0.227 e. The summed E-state index contributed by atoms with van der Waals surface area (Å²) in [6.07, 6.45) is 2.30. The molecule has 0 radical (unpaired) electrons. The number of amides is 1. The van der Waals surface area contributed by atoms with Gasteiger partial charge in [-0.25, -0.2) is 0 Å². The van der Waals surface area contributed by atoms with Crippen LogP contribution >= 0.6 is 24.0 Å². The van der Waals surface area contributed by atoms with E-state index in [9.17, 15) is 4.79 Å². The van der Waals surface area contributed by atoms with Crippen LogP contribution in [0.25, 0.3) is 0 Å². The summed E-state index contributed by atoms with van der Waals surface area (Å²) in [5.41, 5.74) is 1.95. The first-order valence-corrected chi connectivity index (χ1v) is 10.9. The Bertz CT molecular complexity index is 676. The van der Waals surface area contributed by atoms with Crippen LogP contribution in [0.1, 0.15) is 57.8 Å². The van der Waals surface area contributed by atoms with Crippen molar-refractivity contribution in [2.24, 2.45) is 16.3 Å². The normalized spacial score (nSPS) is 19.6. The highest BCUT2D eigenvalue weighted by Crippen LogP contribution is 2.33. The number of aliphatic imine (C=N–C) groups is 1. The number of nitrogens with zero attached hydrogens (tertiary/aromatic N) is 1. The molecule has 6 nitrogen and oxygen atoms in total. The molecule has 2 rings (SSSR count). The molecule has 1 aromatic rings. The number of hydrogen-bond acceptors (Lipinski definition) is 3. The smallest absolute Gasteiger partial charge is 0.227 e. The quantitative estimate of drug-likeness (QED) is 0.272. The zero-order chi connectivity index (χ0) is 21.3. The van der Waals surface area contributed by atoms with E-state index in [1.807, 2.05) is 27.7 Å². The van der Waals surface area contributed by atoms with Crippen molar-refractivity contribution in [2.75, 3.05) is 32.8 Å². The van der Waals surface area contributed by atoms with Gasteiger partial charge in [-0.1, -0.05) is 29.8 Å². The van der Waals surface area contributed by atoms with E-state index in [1.165, 1.54) is 11.1 Å². The van der Waals surface area contributed by atoms with Crippen LogP contribution in [0.15, 0.2) is 29.3 Å². The van der Waals surface area contributed by atoms with Gasteiger partial charge in [0.25, 0.3) is 0 Å². The molecule has 3 N–H and O–H groups in total. The van der Waals surface area contributed by atoms with Crippen LogP contribution in [-0.2, 0) is 9.53 Å². The number of ether oxygens (including phenoxy) is 1. The number of hydrogen-bond donors (Lipinski definition) is 3. The van der Waals surface area contributed by atoms with Crippen LogP contribution in [0.3, 0.4) is 0 Å². The number of carbonyl (C=O) groups is 1. The number of aryl methyl sites for hydroxylation is 1. The lowest BCUT2D eigenvalue weighted by Gasteiger charge is -2.33. The minimum Gasteiger partial charge on any atom is -0.373 e. The second-order valence-corrected chi connectivity index (χ2v) is 8.42. The van der Waals surface area contributed by atoms with Gasteiger partial charge in [-0.15, -0.1) is 24.0 Å². The number of nitrogens with one attached hydrogen (secondary N) is 3. The van der Waals surface area contributed by atoms with Crippen molar-refractivity contribution in [1.82, 2.24) is 16.0 Å². The Morgan fingerprint density at radius 1 is 1.13 bits per heavy atom. The fourth-order valence-electron chi connectivity index (χ4n) is 3.49. The van der Waals surface area contributed by atoms with Crippen LogP contribution in [0.4, 0.5) is 0 Å². The van der Waals surface area contributed by atoms with Crippen LogP contribution in [-0.4, -0.2) is 44.7 Å². The predicted molar refractivity (Wildman–Crippen MR) is 134 cm³/mol. The highest BCUT2D eigenvalue weighted by atomic mass is 127. The Morgan fingerprint density at radius 2 is 1.80 bits per heavy atom. The van der Waals surface area contributed by atoms with E-state index in [-0.39, 0.29) is 36.0 Å². The van der Waals surface area contributed by atoms with Gasteiger partial charge in [-0.05, 0) is 53.0 Å². The van der Waals surface area contributed by atoms with Gasteiger partial charge in [-0.2, -0.15) is 0 Å². The van der Waals surface area contributed by atoms with Gasteiger partial charge >= 0.3 is 0 Å². The average Bonchev–Trinajstić information content (AvgIpc) is 2.71. The molecule has 1 aliphatic rings. The van der Waals surface area contributed by atoms with Gasteiger partial charge < -0.3 is 20.7 Å². The van der Waals surface area contributed by atoms with Gasteiger partial charge in [0.1, 0.15) is 0 Å². The fourth-order valence-corrected chi connectivity index (χ4v) is 3.49. The summed E-state index contributed by atoms with van der Waals surface area (Å²) in [7, 11) is 0. The van der Waals surface area contributed by atoms with Crippen molar-refractivity contribution in [3.8, 4) is 0 Å². The van der Waals surface area contributed by atoms with E-state index in [2.05, 4.69) is 52.1 Å². The van der Waals surface area contributed by atoms with Crippen molar-refractivity contribution < 1.29 is 9.53 Å². The maximum atomic E-state index is 12.2. The average molecular weight is 530 g/mol. The molecule has 0 saturated carbocycles. The summed E-state index contributed by atoms with van der Waals surface area (Å²) in [5.74, 6) is 1.16. The van der Waals surface area contributed by atoms with Crippen molar-refractivity contribution in [3.05, 3.63) is 35.4 Å². The minimum atomic E-state index is -0.545. The Labute approximate surface area is 199 Å². The summed E-state index contributed by atoms with van der Waals surface area (Å²) < 4.78 is 6.13. The second-order valence-electron chi connectivity index (χ2n) is 8.42. The van der Waals surface area contributed by atoms with E-state index in [0.717, 1.165) is 38.5 Å². The van der Waals surface area contributed by atoms with E-state index in [4.69, 9.17) is 4.74 Å². The molecule has 170 valence electrons. The van der Waals surface area contributed by atoms with Crippen LogP contribution in [0, 0.1) is 18.3 Å². The van der Waals surface area contributed by atoms with Crippen molar-refractivity contribution in [1.29, 1.82) is 0 Å². The molecule has 0 spiro atoms. The Kier molecular flexibility index (Phi) is 11.7. The lowest BCUT2D eigenvalue weighted by Crippen LogP contribution is -2.44. The monoisotopic (exact) mass is 530 g/mol. The van der Waals surface area contributed by atoms with Crippen molar-refractivity contribution in [3.63, 3.8) is 0 Å². The molecule has 0 bridgehead atoms. The summed E-state index contributed by atoms with van der Waals surface area (Å²) in [5, 5.41) is 9.65. The first kappa shape index (κ1) is 26.7. The molecule has 1 amide bonds. The Morgan fingerprint density at radius 3 is 2.43 bits per heavy atom. The number of guanidine groups is 1. The zero-order valence-electron chi connectivity index (χ0n) is 19.1. The highest BCUT2D eigenvalue weighted by molar-refractivity contribution is 14.0. The van der Waals surface area contributed by atoms with Gasteiger partial charge in [0.2, 0.25) is 5.91 Å². The lowest BCUT2D eigenvalue weighted by molar-refractivity contribution is -0.128. The van der Waals surface area contributed by atoms with Crippen LogP contribution in [0.2, 0.25) is 0 Å². The fraction of sp³-hybridized carbons (Fsp3) is 0.652. The number of benzene rings is 1. The first-order valence-electron chi connectivity index (χ1n) is 10.9. The maximum absolute atomic E-state index is 12.2. The minimum absolute atomic E-state index is 0. The zero-order valence-corrected chi connectivity index (χ0v) is 21.4. The van der Waals surface area contributed by atoms with E-state index >= 15 is 0 Å². The highest BCUT2D eigenvalue weighted by Gasteiger charge is 2.29. The SMILES string of the molecule is CCNC(=O)C(C)(C)CN=C(NCC)NCC1CCCOC1c1ccc(C)cc1.I. The molecule has 2 atom stereocenters. The van der Waals surface area contributed by atoms with Gasteiger partial charge in [0.15, 0.2) is 5.96 Å². The van der Waals surface area contributed by atoms with Gasteiger partial charge in [-0.3, -0.25) is 9.79 Å². The lowest BCUT2D eigenvalue weighted by atomic mass is 9.89. The van der Waals surface area contributed by atoms with Crippen molar-refractivity contribution in [2.45, 2.75) is 53.6 Å². The van der Waals surface area contributed by atoms with E-state index < -0.39 is 5.41 Å². The molecule has 1 aromatic carbocycles. The molecule has 2 unspecified atom stereocenters. The second kappa shape index (κ2) is 13.1. The molecule has 1 aliphatic heterocycles. The molecule has 1 saturated heterocycles. The summed E-state index contributed by atoms with van der Waals surface area (Å²) in [6.45, 7) is 13.4. The molecule has 0 aromatic heterocycles. The van der Waals surface area contributed by atoms with Crippen LogP contribution < -0.4 is 16.0 Å². The molecule has 30 heavy (non-hydrogen) atoms. The summed E-state index contributed by atoms with van der Waals surface area (Å²) >= 11 is 0. The third kappa shape index (κ3) is 8.06. The van der Waals surface area contributed by atoms with Crippen LogP contribution in [0.5, 0.6) is 0 Å². The Hall–Kier alpha value is -1.35. The predicted octanol–water partition coefficient (Wildman–Crippen LogP) is 3.80. The molecular weight excluding hydrogens is 491 g/mol. The molecule has 1 fully saturated rings. The third-order valence-electron chi connectivity index (χ3n) is 5.31. The molecule has 7 heteroatoms. The molecule has 0 aliphatic carbocycles. The summed E-state index contributed by atoms with van der Waals surface area (Å²) in [6, 6.07) is 8.64. The topological polar surface area (TPSA) is 74.8 Å². The third-order valence-corrected chi connectivity index (χ3v) is 5.31. The molecular formula is C23H39IN4O2. The van der Waals surface area contributed by atoms with E-state index in [0.29, 0.717) is 19.0 Å². The standard InChI is InChI=1S/C23H38N4O2.HI/c1-6-24-21(28)23(4,5)16-27-22(25-7-2)26-15-19-9-8-14-29-20(19)18-12-10-17(3)11-13-18;/h10-13,19-20H,6-9,14-16H2,1-5H3,(H,24,28)(H2,25,26,27);1H. The van der Waals surface area contributed by atoms with Crippen molar-refractivity contribution >= 4 is 35.8 Å².